The number of amides is 1. The lowest BCUT2D eigenvalue weighted by Crippen LogP contribution is -2.23. The molecule has 0 aromatic heterocycles. The quantitative estimate of drug-likeness (QED) is 0.740. The van der Waals surface area contributed by atoms with Crippen molar-refractivity contribution in [2.24, 2.45) is 0 Å². The van der Waals surface area contributed by atoms with E-state index in [9.17, 15) is 4.79 Å². The molecule has 80 valence electrons. The summed E-state index contributed by atoms with van der Waals surface area (Å²) in [5, 5.41) is 11.6. The SMILES string of the molecule is C=CCOC(=O)NCc1ccc(O)cc1. The summed E-state index contributed by atoms with van der Waals surface area (Å²) >= 11 is 0. The minimum atomic E-state index is -0.483. The van der Waals surface area contributed by atoms with E-state index in [4.69, 9.17) is 9.84 Å². The molecule has 2 N–H and O–H groups in total. The number of carbonyl (C=O) groups is 1. The Hall–Kier alpha value is -1.97. The highest BCUT2D eigenvalue weighted by atomic mass is 16.5. The molecule has 0 saturated heterocycles. The van der Waals surface area contributed by atoms with Gasteiger partial charge in [0.05, 0.1) is 0 Å². The van der Waals surface area contributed by atoms with Crippen LogP contribution in [0.5, 0.6) is 5.75 Å². The number of benzene rings is 1. The standard InChI is InChI=1S/C11H13NO3/c1-2-7-15-11(14)12-8-9-3-5-10(13)6-4-9/h2-6,13H,1,7-8H2,(H,12,14). The fourth-order valence-corrected chi connectivity index (χ4v) is 0.974. The molecule has 1 aromatic carbocycles. The van der Waals surface area contributed by atoms with Gasteiger partial charge in [0, 0.05) is 6.54 Å². The Morgan fingerprint density at radius 1 is 1.47 bits per heavy atom. The number of hydrogen-bond acceptors (Lipinski definition) is 3. The van der Waals surface area contributed by atoms with E-state index in [2.05, 4.69) is 11.9 Å². The van der Waals surface area contributed by atoms with Crippen LogP contribution in [0, 0.1) is 0 Å². The molecule has 15 heavy (non-hydrogen) atoms. The highest BCUT2D eigenvalue weighted by Crippen LogP contribution is 2.08. The Balaban J connectivity index is 2.33. The highest BCUT2D eigenvalue weighted by Gasteiger charge is 1.99. The molecule has 1 aromatic rings. The van der Waals surface area contributed by atoms with Crippen LogP contribution >= 0.6 is 0 Å². The van der Waals surface area contributed by atoms with Gasteiger partial charge in [0.25, 0.3) is 0 Å². The second kappa shape index (κ2) is 5.70. The molecule has 0 spiro atoms. The predicted molar refractivity (Wildman–Crippen MR) is 56.5 cm³/mol. The molecule has 0 heterocycles. The van der Waals surface area contributed by atoms with E-state index in [1.54, 1.807) is 24.3 Å². The highest BCUT2D eigenvalue weighted by molar-refractivity contribution is 5.67. The maximum absolute atomic E-state index is 11.0. The topological polar surface area (TPSA) is 58.6 Å². The number of nitrogens with one attached hydrogen (secondary N) is 1. The Bertz CT molecular complexity index is 332. The summed E-state index contributed by atoms with van der Waals surface area (Å²) in [6, 6.07) is 6.57. The number of phenols is 1. The molecule has 4 nitrogen and oxygen atoms in total. The van der Waals surface area contributed by atoms with Gasteiger partial charge in [-0.1, -0.05) is 24.8 Å². The minimum Gasteiger partial charge on any atom is -0.508 e. The predicted octanol–water partition coefficient (Wildman–Crippen LogP) is 1.80. The largest absolute Gasteiger partial charge is 0.508 e. The molecular weight excluding hydrogens is 194 g/mol. The zero-order valence-corrected chi connectivity index (χ0v) is 8.27. The van der Waals surface area contributed by atoms with E-state index in [0.717, 1.165) is 5.56 Å². The Kier molecular flexibility index (Phi) is 4.22. The normalized spacial score (nSPS) is 9.33. The summed E-state index contributed by atoms with van der Waals surface area (Å²) in [5.41, 5.74) is 0.892. The maximum atomic E-state index is 11.0. The Morgan fingerprint density at radius 3 is 2.73 bits per heavy atom. The Labute approximate surface area is 88.2 Å². The van der Waals surface area contributed by atoms with Gasteiger partial charge in [0.15, 0.2) is 0 Å². The maximum Gasteiger partial charge on any atom is 0.407 e. The van der Waals surface area contributed by atoms with Gasteiger partial charge < -0.3 is 15.2 Å². The molecule has 0 unspecified atom stereocenters. The van der Waals surface area contributed by atoms with Crippen molar-refractivity contribution in [3.63, 3.8) is 0 Å². The third-order valence-corrected chi connectivity index (χ3v) is 1.71. The number of ether oxygens (including phenoxy) is 1. The monoisotopic (exact) mass is 207 g/mol. The van der Waals surface area contributed by atoms with Gasteiger partial charge >= 0.3 is 6.09 Å². The molecule has 0 fully saturated rings. The second-order valence-electron chi connectivity index (χ2n) is 2.91. The fourth-order valence-electron chi connectivity index (χ4n) is 0.974. The number of hydrogen-bond donors (Lipinski definition) is 2. The van der Waals surface area contributed by atoms with Gasteiger partial charge in [0.1, 0.15) is 12.4 Å². The van der Waals surface area contributed by atoms with Crippen LogP contribution in [0.15, 0.2) is 36.9 Å². The lowest BCUT2D eigenvalue weighted by Gasteiger charge is -2.05. The number of alkyl carbamates (subject to hydrolysis) is 1. The molecule has 0 bridgehead atoms. The molecule has 1 rings (SSSR count). The molecule has 0 aliphatic carbocycles. The average molecular weight is 207 g/mol. The number of carbonyl (C=O) groups excluding carboxylic acids is 1. The first-order valence-corrected chi connectivity index (χ1v) is 4.52. The number of phenolic OH excluding ortho intramolecular Hbond substituents is 1. The van der Waals surface area contributed by atoms with Gasteiger partial charge in [0.2, 0.25) is 0 Å². The summed E-state index contributed by atoms with van der Waals surface area (Å²) in [5.74, 6) is 0.202. The van der Waals surface area contributed by atoms with Gasteiger partial charge in [-0.2, -0.15) is 0 Å². The first kappa shape index (κ1) is 11.1. The third-order valence-electron chi connectivity index (χ3n) is 1.71. The van der Waals surface area contributed by atoms with E-state index >= 15 is 0 Å². The lowest BCUT2D eigenvalue weighted by atomic mass is 10.2. The van der Waals surface area contributed by atoms with Gasteiger partial charge in [-0.15, -0.1) is 0 Å². The van der Waals surface area contributed by atoms with E-state index in [0.29, 0.717) is 6.54 Å². The molecule has 0 aliphatic heterocycles. The van der Waals surface area contributed by atoms with E-state index in [1.807, 2.05) is 0 Å². The van der Waals surface area contributed by atoms with Crippen LogP contribution in [0.4, 0.5) is 4.79 Å². The van der Waals surface area contributed by atoms with Crippen molar-refractivity contribution < 1.29 is 14.6 Å². The number of aromatic hydroxyl groups is 1. The van der Waals surface area contributed by atoms with E-state index < -0.39 is 6.09 Å². The van der Waals surface area contributed by atoms with Crippen molar-refractivity contribution in [2.45, 2.75) is 6.54 Å². The summed E-state index contributed by atoms with van der Waals surface area (Å²) in [6.45, 7) is 3.99. The van der Waals surface area contributed by atoms with Crippen LogP contribution in [0.1, 0.15) is 5.56 Å². The van der Waals surface area contributed by atoms with Gasteiger partial charge in [-0.05, 0) is 17.7 Å². The van der Waals surface area contributed by atoms with Crippen LogP contribution < -0.4 is 5.32 Å². The lowest BCUT2D eigenvalue weighted by molar-refractivity contribution is 0.158. The molecule has 0 saturated carbocycles. The zero-order chi connectivity index (χ0) is 11.1. The second-order valence-corrected chi connectivity index (χ2v) is 2.91. The average Bonchev–Trinajstić information content (AvgIpc) is 2.25. The van der Waals surface area contributed by atoms with Crippen molar-refractivity contribution in [1.82, 2.24) is 5.32 Å². The van der Waals surface area contributed by atoms with Crippen LogP contribution in [0.2, 0.25) is 0 Å². The third kappa shape index (κ3) is 4.17. The summed E-state index contributed by atoms with van der Waals surface area (Å²) in [7, 11) is 0. The van der Waals surface area contributed by atoms with E-state index in [1.165, 1.54) is 6.08 Å². The van der Waals surface area contributed by atoms with Crippen molar-refractivity contribution >= 4 is 6.09 Å². The molecule has 1 amide bonds. The molecule has 0 radical (unpaired) electrons. The molecule has 0 aliphatic rings. The molecule has 0 atom stereocenters. The minimum absolute atomic E-state index is 0.196. The first-order valence-electron chi connectivity index (χ1n) is 4.52. The summed E-state index contributed by atoms with van der Waals surface area (Å²) in [4.78, 5) is 11.0. The summed E-state index contributed by atoms with van der Waals surface area (Å²) < 4.78 is 4.72. The van der Waals surface area contributed by atoms with Crippen LogP contribution in [0.25, 0.3) is 0 Å². The Morgan fingerprint density at radius 2 is 2.13 bits per heavy atom. The zero-order valence-electron chi connectivity index (χ0n) is 8.27. The van der Waals surface area contributed by atoms with E-state index in [-0.39, 0.29) is 12.4 Å². The molecular formula is C11H13NO3. The smallest absolute Gasteiger partial charge is 0.407 e. The van der Waals surface area contributed by atoms with Crippen LogP contribution in [-0.2, 0) is 11.3 Å². The van der Waals surface area contributed by atoms with Crippen molar-refractivity contribution in [2.75, 3.05) is 6.61 Å². The molecule has 4 heteroatoms. The summed E-state index contributed by atoms with van der Waals surface area (Å²) in [6.07, 6.45) is 1.02. The van der Waals surface area contributed by atoms with Crippen LogP contribution in [-0.4, -0.2) is 17.8 Å². The fraction of sp³-hybridized carbons (Fsp3) is 0.182. The van der Waals surface area contributed by atoms with Gasteiger partial charge in [-0.3, -0.25) is 0 Å². The first-order chi connectivity index (χ1) is 7.22. The van der Waals surface area contributed by atoms with Crippen molar-refractivity contribution in [3.8, 4) is 5.75 Å². The van der Waals surface area contributed by atoms with Crippen molar-refractivity contribution in [1.29, 1.82) is 0 Å². The van der Waals surface area contributed by atoms with Crippen molar-refractivity contribution in [3.05, 3.63) is 42.5 Å². The van der Waals surface area contributed by atoms with Gasteiger partial charge in [-0.25, -0.2) is 4.79 Å². The number of rotatable bonds is 4. The van der Waals surface area contributed by atoms with Crippen LogP contribution in [0.3, 0.4) is 0 Å².